The van der Waals surface area contributed by atoms with Gasteiger partial charge >= 0.3 is 0 Å². The number of nitrogens with zero attached hydrogens (tertiary/aromatic N) is 2. The molecule has 1 atom stereocenters. The van der Waals surface area contributed by atoms with E-state index in [-0.39, 0.29) is 18.4 Å². The van der Waals surface area contributed by atoms with Gasteiger partial charge in [0.2, 0.25) is 5.91 Å². The van der Waals surface area contributed by atoms with Crippen LogP contribution in [0, 0.1) is 0 Å². The van der Waals surface area contributed by atoms with Gasteiger partial charge in [-0.2, -0.15) is 0 Å². The number of rotatable bonds is 6. The summed E-state index contributed by atoms with van der Waals surface area (Å²) in [5.41, 5.74) is 1.95. The van der Waals surface area contributed by atoms with Crippen molar-refractivity contribution >= 4 is 17.5 Å². The summed E-state index contributed by atoms with van der Waals surface area (Å²) in [6.07, 6.45) is 0.588. The van der Waals surface area contributed by atoms with E-state index in [4.69, 9.17) is 4.74 Å². The SMILES string of the molecule is COc1ccc(C(O)CN(C)C(=O)c2cccc(N3CCCC3=O)c2)cc1. The Morgan fingerprint density at radius 3 is 2.63 bits per heavy atom. The average Bonchev–Trinajstić information content (AvgIpc) is 3.13. The van der Waals surface area contributed by atoms with Crippen LogP contribution in [-0.4, -0.2) is 49.1 Å². The predicted molar refractivity (Wildman–Crippen MR) is 103 cm³/mol. The second-order valence-electron chi connectivity index (χ2n) is 6.67. The molecule has 0 spiro atoms. The van der Waals surface area contributed by atoms with Crippen LogP contribution in [-0.2, 0) is 4.79 Å². The quantitative estimate of drug-likeness (QED) is 0.851. The molecule has 0 saturated carbocycles. The van der Waals surface area contributed by atoms with Gasteiger partial charge in [-0.15, -0.1) is 0 Å². The Morgan fingerprint density at radius 1 is 1.26 bits per heavy atom. The third kappa shape index (κ3) is 4.28. The molecule has 6 heteroatoms. The first-order chi connectivity index (χ1) is 13.0. The zero-order valence-corrected chi connectivity index (χ0v) is 15.6. The first-order valence-corrected chi connectivity index (χ1v) is 8.97. The number of anilines is 1. The summed E-state index contributed by atoms with van der Waals surface area (Å²) in [5, 5.41) is 10.4. The van der Waals surface area contributed by atoms with Crippen molar-refractivity contribution in [1.29, 1.82) is 0 Å². The van der Waals surface area contributed by atoms with Gasteiger partial charge < -0.3 is 19.6 Å². The van der Waals surface area contributed by atoms with Gasteiger partial charge in [-0.25, -0.2) is 0 Å². The molecular weight excluding hydrogens is 344 g/mol. The van der Waals surface area contributed by atoms with E-state index < -0.39 is 6.10 Å². The van der Waals surface area contributed by atoms with Crippen molar-refractivity contribution < 1.29 is 19.4 Å². The summed E-state index contributed by atoms with van der Waals surface area (Å²) in [7, 11) is 3.24. The third-order valence-electron chi connectivity index (χ3n) is 4.77. The number of likely N-dealkylation sites (N-methyl/N-ethyl adjacent to an activating group) is 1. The number of amides is 2. The zero-order valence-electron chi connectivity index (χ0n) is 15.6. The number of aliphatic hydroxyl groups excluding tert-OH is 1. The fraction of sp³-hybridized carbons (Fsp3) is 0.333. The number of hydrogen-bond donors (Lipinski definition) is 1. The van der Waals surface area contributed by atoms with Crippen molar-refractivity contribution in [3.8, 4) is 5.75 Å². The van der Waals surface area contributed by atoms with E-state index in [9.17, 15) is 14.7 Å². The molecule has 2 amide bonds. The molecule has 142 valence electrons. The summed E-state index contributed by atoms with van der Waals surface area (Å²) in [6, 6.07) is 14.2. The molecule has 1 heterocycles. The Balaban J connectivity index is 1.68. The van der Waals surface area contributed by atoms with Crippen molar-refractivity contribution in [3.63, 3.8) is 0 Å². The predicted octanol–water partition coefficient (Wildman–Crippen LogP) is 2.63. The minimum absolute atomic E-state index is 0.0860. The molecule has 1 fully saturated rings. The van der Waals surface area contributed by atoms with Gasteiger partial charge in [0.05, 0.1) is 19.8 Å². The molecule has 3 rings (SSSR count). The molecule has 0 aliphatic carbocycles. The normalized spacial score (nSPS) is 14.9. The minimum Gasteiger partial charge on any atom is -0.497 e. The van der Waals surface area contributed by atoms with Gasteiger partial charge in [0.15, 0.2) is 0 Å². The van der Waals surface area contributed by atoms with E-state index in [2.05, 4.69) is 0 Å². The Morgan fingerprint density at radius 2 is 2.00 bits per heavy atom. The highest BCUT2D eigenvalue weighted by Gasteiger charge is 2.23. The largest absolute Gasteiger partial charge is 0.497 e. The summed E-state index contributed by atoms with van der Waals surface area (Å²) in [5.74, 6) is 0.600. The van der Waals surface area contributed by atoms with Gasteiger partial charge in [-0.05, 0) is 42.3 Å². The fourth-order valence-corrected chi connectivity index (χ4v) is 3.22. The summed E-state index contributed by atoms with van der Waals surface area (Å²) >= 11 is 0. The van der Waals surface area contributed by atoms with Crippen LogP contribution in [0.5, 0.6) is 5.75 Å². The lowest BCUT2D eigenvalue weighted by atomic mass is 10.1. The van der Waals surface area contributed by atoms with E-state index in [1.807, 2.05) is 6.07 Å². The van der Waals surface area contributed by atoms with Crippen LogP contribution in [0.1, 0.15) is 34.9 Å². The van der Waals surface area contributed by atoms with Crippen molar-refractivity contribution in [2.24, 2.45) is 0 Å². The highest BCUT2D eigenvalue weighted by atomic mass is 16.5. The van der Waals surface area contributed by atoms with Crippen molar-refractivity contribution in [2.45, 2.75) is 18.9 Å². The fourth-order valence-electron chi connectivity index (χ4n) is 3.22. The number of methoxy groups -OCH3 is 1. The molecule has 27 heavy (non-hydrogen) atoms. The maximum Gasteiger partial charge on any atom is 0.253 e. The number of aliphatic hydroxyl groups is 1. The van der Waals surface area contributed by atoms with Gasteiger partial charge in [0.1, 0.15) is 5.75 Å². The number of ether oxygens (including phenoxy) is 1. The highest BCUT2D eigenvalue weighted by molar-refractivity contribution is 5.99. The molecule has 0 bridgehead atoms. The molecular formula is C21H24N2O4. The molecule has 1 saturated heterocycles. The monoisotopic (exact) mass is 368 g/mol. The second-order valence-corrected chi connectivity index (χ2v) is 6.67. The van der Waals surface area contributed by atoms with Crippen LogP contribution < -0.4 is 9.64 Å². The van der Waals surface area contributed by atoms with Crippen molar-refractivity contribution in [1.82, 2.24) is 4.90 Å². The summed E-state index contributed by atoms with van der Waals surface area (Å²) in [4.78, 5) is 27.9. The molecule has 1 aliphatic heterocycles. The number of carbonyl (C=O) groups excluding carboxylic acids is 2. The van der Waals surface area contributed by atoms with E-state index in [1.54, 1.807) is 61.5 Å². The van der Waals surface area contributed by atoms with Crippen molar-refractivity contribution in [2.75, 3.05) is 32.1 Å². The van der Waals surface area contributed by atoms with E-state index in [0.29, 0.717) is 29.8 Å². The summed E-state index contributed by atoms with van der Waals surface area (Å²) < 4.78 is 5.11. The molecule has 6 nitrogen and oxygen atoms in total. The van der Waals surface area contributed by atoms with Gasteiger partial charge in [-0.1, -0.05) is 18.2 Å². The first-order valence-electron chi connectivity index (χ1n) is 8.97. The lowest BCUT2D eigenvalue weighted by molar-refractivity contribution is -0.117. The van der Waals surface area contributed by atoms with E-state index >= 15 is 0 Å². The smallest absolute Gasteiger partial charge is 0.253 e. The molecule has 2 aromatic rings. The van der Waals surface area contributed by atoms with Gasteiger partial charge in [0.25, 0.3) is 5.91 Å². The van der Waals surface area contributed by atoms with Crippen LogP contribution in [0.4, 0.5) is 5.69 Å². The molecule has 2 aromatic carbocycles. The average molecular weight is 368 g/mol. The number of carbonyl (C=O) groups is 2. The summed E-state index contributed by atoms with van der Waals surface area (Å²) in [6.45, 7) is 0.848. The van der Waals surface area contributed by atoms with Crippen molar-refractivity contribution in [3.05, 3.63) is 59.7 Å². The molecule has 1 N–H and O–H groups in total. The van der Waals surface area contributed by atoms with Crippen LogP contribution >= 0.6 is 0 Å². The molecule has 0 radical (unpaired) electrons. The Bertz CT molecular complexity index is 819. The maximum absolute atomic E-state index is 12.8. The molecule has 1 unspecified atom stereocenters. The van der Waals surface area contributed by atoms with Gasteiger partial charge in [0, 0.05) is 31.3 Å². The number of hydrogen-bond acceptors (Lipinski definition) is 4. The standard InChI is InChI=1S/C21H24N2O4/c1-22(14-19(24)15-8-10-18(27-2)11-9-15)21(26)16-5-3-6-17(13-16)23-12-4-7-20(23)25/h3,5-6,8-11,13,19,24H,4,7,12,14H2,1-2H3. The van der Waals surface area contributed by atoms with Crippen LogP contribution in [0.15, 0.2) is 48.5 Å². The lowest BCUT2D eigenvalue weighted by Crippen LogP contribution is -2.31. The second kappa shape index (κ2) is 8.22. The van der Waals surface area contributed by atoms with E-state index in [0.717, 1.165) is 12.1 Å². The Hall–Kier alpha value is -2.86. The minimum atomic E-state index is -0.798. The molecule has 1 aliphatic rings. The topological polar surface area (TPSA) is 70.1 Å². The van der Waals surface area contributed by atoms with Crippen LogP contribution in [0.25, 0.3) is 0 Å². The number of benzene rings is 2. The third-order valence-corrected chi connectivity index (χ3v) is 4.77. The Labute approximate surface area is 159 Å². The Kier molecular flexibility index (Phi) is 5.76. The van der Waals surface area contributed by atoms with E-state index in [1.165, 1.54) is 4.90 Å². The highest BCUT2D eigenvalue weighted by Crippen LogP contribution is 2.23. The van der Waals surface area contributed by atoms with Gasteiger partial charge in [-0.3, -0.25) is 9.59 Å². The maximum atomic E-state index is 12.8. The van der Waals surface area contributed by atoms with Crippen LogP contribution in [0.2, 0.25) is 0 Å². The van der Waals surface area contributed by atoms with Crippen LogP contribution in [0.3, 0.4) is 0 Å². The molecule has 0 aromatic heterocycles. The lowest BCUT2D eigenvalue weighted by Gasteiger charge is -2.22. The first kappa shape index (κ1) is 18.9. The zero-order chi connectivity index (χ0) is 19.4.